The molecule has 0 aromatic heterocycles. The number of aliphatic hydroxyl groups excluding tert-OH is 1. The van der Waals surface area contributed by atoms with Gasteiger partial charge in [-0.15, -0.1) is 0 Å². The monoisotopic (exact) mass is 343 g/mol. The van der Waals surface area contributed by atoms with Crippen LogP contribution in [0.15, 0.2) is 16.6 Å². The van der Waals surface area contributed by atoms with E-state index in [1.807, 2.05) is 13.0 Å². The molecular formula is C15H22BrNO3. The number of aliphatic hydroxyl groups is 1. The number of ether oxygens (including phenoxy) is 2. The van der Waals surface area contributed by atoms with Gasteiger partial charge in [0.1, 0.15) is 0 Å². The van der Waals surface area contributed by atoms with Gasteiger partial charge in [-0.2, -0.15) is 0 Å². The summed E-state index contributed by atoms with van der Waals surface area (Å²) in [6.45, 7) is 4.66. The topological polar surface area (TPSA) is 41.9 Å². The molecule has 0 saturated carbocycles. The third-order valence-electron chi connectivity index (χ3n) is 3.67. The van der Waals surface area contributed by atoms with Crippen LogP contribution in [-0.2, 0) is 6.54 Å². The molecule has 1 N–H and O–H groups in total. The Balaban J connectivity index is 2.18. The van der Waals surface area contributed by atoms with Crippen molar-refractivity contribution in [3.63, 3.8) is 0 Å². The van der Waals surface area contributed by atoms with Crippen molar-refractivity contribution >= 4 is 15.9 Å². The molecule has 2 rings (SSSR count). The van der Waals surface area contributed by atoms with E-state index >= 15 is 0 Å². The predicted molar refractivity (Wildman–Crippen MR) is 82.4 cm³/mol. The highest BCUT2D eigenvalue weighted by Crippen LogP contribution is 2.37. The van der Waals surface area contributed by atoms with Gasteiger partial charge in [-0.3, -0.25) is 4.90 Å². The molecule has 1 aromatic carbocycles. The van der Waals surface area contributed by atoms with Crippen LogP contribution in [0.25, 0.3) is 0 Å². The Bertz CT molecular complexity index is 453. The van der Waals surface area contributed by atoms with Crippen molar-refractivity contribution in [2.24, 2.45) is 0 Å². The third-order valence-corrected chi connectivity index (χ3v) is 4.26. The minimum atomic E-state index is 0.231. The van der Waals surface area contributed by atoms with Crippen molar-refractivity contribution in [2.45, 2.75) is 32.4 Å². The molecule has 20 heavy (non-hydrogen) atoms. The Morgan fingerprint density at radius 2 is 2.25 bits per heavy atom. The van der Waals surface area contributed by atoms with Gasteiger partial charge in [-0.1, -0.05) is 0 Å². The quantitative estimate of drug-likeness (QED) is 0.862. The van der Waals surface area contributed by atoms with E-state index in [0.29, 0.717) is 6.61 Å². The van der Waals surface area contributed by atoms with Gasteiger partial charge in [0.05, 0.1) is 24.8 Å². The summed E-state index contributed by atoms with van der Waals surface area (Å²) in [5.74, 6) is 1.50. The normalized spacial score (nSPS) is 19.3. The molecule has 0 radical (unpaired) electrons. The van der Waals surface area contributed by atoms with Gasteiger partial charge in [0.25, 0.3) is 0 Å². The van der Waals surface area contributed by atoms with Crippen molar-refractivity contribution < 1.29 is 14.6 Å². The van der Waals surface area contributed by atoms with Crippen LogP contribution < -0.4 is 9.47 Å². The largest absolute Gasteiger partial charge is 0.493 e. The first-order valence-corrected chi connectivity index (χ1v) is 7.83. The average Bonchev–Trinajstić information content (AvgIpc) is 2.88. The first-order chi connectivity index (χ1) is 9.69. The molecule has 1 heterocycles. The lowest BCUT2D eigenvalue weighted by Crippen LogP contribution is -2.31. The van der Waals surface area contributed by atoms with Crippen LogP contribution >= 0.6 is 15.9 Å². The van der Waals surface area contributed by atoms with Crippen molar-refractivity contribution in [3.8, 4) is 11.5 Å². The Kier molecular flexibility index (Phi) is 5.69. The van der Waals surface area contributed by atoms with Crippen molar-refractivity contribution in [1.82, 2.24) is 4.90 Å². The lowest BCUT2D eigenvalue weighted by Gasteiger charge is -2.23. The Hall–Kier alpha value is -0.780. The molecule has 5 heteroatoms. The maximum Gasteiger partial charge on any atom is 0.175 e. The van der Waals surface area contributed by atoms with E-state index in [1.54, 1.807) is 7.11 Å². The highest BCUT2D eigenvalue weighted by Gasteiger charge is 2.24. The summed E-state index contributed by atoms with van der Waals surface area (Å²) < 4.78 is 11.9. The molecule has 0 unspecified atom stereocenters. The fourth-order valence-corrected chi connectivity index (χ4v) is 3.30. The number of halogens is 1. The number of rotatable bonds is 6. The van der Waals surface area contributed by atoms with Crippen LogP contribution in [-0.4, -0.2) is 42.9 Å². The minimum absolute atomic E-state index is 0.231. The third kappa shape index (κ3) is 3.45. The van der Waals surface area contributed by atoms with Crippen LogP contribution in [0.3, 0.4) is 0 Å². The summed E-state index contributed by atoms with van der Waals surface area (Å²) in [5.41, 5.74) is 1.16. The number of nitrogens with zero attached hydrogens (tertiary/aromatic N) is 1. The van der Waals surface area contributed by atoms with Crippen molar-refractivity contribution in [1.29, 1.82) is 0 Å². The van der Waals surface area contributed by atoms with Gasteiger partial charge < -0.3 is 14.6 Å². The number of hydrogen-bond donors (Lipinski definition) is 1. The zero-order valence-corrected chi connectivity index (χ0v) is 13.6. The summed E-state index contributed by atoms with van der Waals surface area (Å²) in [4.78, 5) is 2.32. The fraction of sp³-hybridized carbons (Fsp3) is 0.600. The highest BCUT2D eigenvalue weighted by molar-refractivity contribution is 9.10. The summed E-state index contributed by atoms with van der Waals surface area (Å²) in [6.07, 6.45) is 2.23. The summed E-state index contributed by atoms with van der Waals surface area (Å²) in [6, 6.07) is 4.37. The molecule has 1 aromatic rings. The van der Waals surface area contributed by atoms with E-state index in [0.717, 1.165) is 47.5 Å². The van der Waals surface area contributed by atoms with E-state index in [-0.39, 0.29) is 12.6 Å². The molecule has 4 nitrogen and oxygen atoms in total. The zero-order valence-electron chi connectivity index (χ0n) is 12.1. The van der Waals surface area contributed by atoms with Gasteiger partial charge in [0.15, 0.2) is 11.5 Å². The molecule has 0 aliphatic carbocycles. The predicted octanol–water partition coefficient (Wildman–Crippen LogP) is 2.81. The van der Waals surface area contributed by atoms with E-state index in [2.05, 4.69) is 26.9 Å². The molecule has 0 bridgehead atoms. The van der Waals surface area contributed by atoms with Crippen molar-refractivity contribution in [3.05, 3.63) is 22.2 Å². The van der Waals surface area contributed by atoms with E-state index in [1.165, 1.54) is 0 Å². The van der Waals surface area contributed by atoms with Crippen LogP contribution in [0.5, 0.6) is 11.5 Å². The number of benzene rings is 1. The highest BCUT2D eigenvalue weighted by atomic mass is 79.9. The van der Waals surface area contributed by atoms with Crippen LogP contribution in [0.4, 0.5) is 0 Å². The summed E-state index contributed by atoms with van der Waals surface area (Å²) in [7, 11) is 1.65. The second kappa shape index (κ2) is 7.29. The molecule has 0 amide bonds. The molecule has 1 atom stereocenters. The van der Waals surface area contributed by atoms with Crippen LogP contribution in [0, 0.1) is 0 Å². The average molecular weight is 344 g/mol. The molecule has 112 valence electrons. The fourth-order valence-electron chi connectivity index (χ4n) is 2.69. The maximum atomic E-state index is 9.39. The second-order valence-electron chi connectivity index (χ2n) is 4.99. The minimum Gasteiger partial charge on any atom is -0.493 e. The lowest BCUT2D eigenvalue weighted by molar-refractivity contribution is 0.153. The number of hydrogen-bond acceptors (Lipinski definition) is 4. The Morgan fingerprint density at radius 1 is 1.45 bits per heavy atom. The SMILES string of the molecule is CCOc1c(Br)cc(CN2CCC[C@H]2CO)cc1OC. The zero-order chi connectivity index (χ0) is 14.5. The first-order valence-electron chi connectivity index (χ1n) is 7.03. The van der Waals surface area contributed by atoms with Gasteiger partial charge in [0, 0.05) is 12.6 Å². The van der Waals surface area contributed by atoms with Crippen LogP contribution in [0.1, 0.15) is 25.3 Å². The molecule has 1 saturated heterocycles. The molecule has 1 fully saturated rings. The summed E-state index contributed by atoms with van der Waals surface area (Å²) >= 11 is 3.55. The molecule has 1 aliphatic rings. The number of methoxy groups -OCH3 is 1. The van der Waals surface area contributed by atoms with Gasteiger partial charge >= 0.3 is 0 Å². The standard InChI is InChI=1S/C15H22BrNO3/c1-3-20-15-13(16)7-11(8-14(15)19-2)9-17-6-4-5-12(17)10-18/h7-8,12,18H,3-6,9-10H2,1-2H3/t12-/m0/s1. The van der Waals surface area contributed by atoms with Crippen molar-refractivity contribution in [2.75, 3.05) is 26.9 Å². The molecular weight excluding hydrogens is 322 g/mol. The van der Waals surface area contributed by atoms with Gasteiger partial charge in [0.2, 0.25) is 0 Å². The van der Waals surface area contributed by atoms with Gasteiger partial charge in [-0.25, -0.2) is 0 Å². The number of likely N-dealkylation sites (tertiary alicyclic amines) is 1. The van der Waals surface area contributed by atoms with Crippen LogP contribution in [0.2, 0.25) is 0 Å². The first kappa shape index (κ1) is 15.6. The summed E-state index contributed by atoms with van der Waals surface area (Å²) in [5, 5.41) is 9.39. The lowest BCUT2D eigenvalue weighted by atomic mass is 10.1. The smallest absolute Gasteiger partial charge is 0.175 e. The maximum absolute atomic E-state index is 9.39. The molecule has 0 spiro atoms. The second-order valence-corrected chi connectivity index (χ2v) is 5.85. The van der Waals surface area contributed by atoms with E-state index in [9.17, 15) is 5.11 Å². The Labute approximate surface area is 128 Å². The van der Waals surface area contributed by atoms with E-state index in [4.69, 9.17) is 9.47 Å². The van der Waals surface area contributed by atoms with E-state index < -0.39 is 0 Å². The molecule has 1 aliphatic heterocycles. The Morgan fingerprint density at radius 3 is 2.90 bits per heavy atom. The van der Waals surface area contributed by atoms with Gasteiger partial charge in [-0.05, 0) is 59.9 Å².